The number of aromatic nitrogens is 1. The highest BCUT2D eigenvalue weighted by atomic mass is 35.5. The maximum atomic E-state index is 12.2. The van der Waals surface area contributed by atoms with E-state index in [1.165, 1.54) is 0 Å². The predicted octanol–water partition coefficient (Wildman–Crippen LogP) is 3.16. The molecule has 0 spiro atoms. The Hall–Kier alpha value is -2.12. The number of hydrogen-bond acceptors (Lipinski definition) is 3. The number of amides is 1. The van der Waals surface area contributed by atoms with E-state index in [1.807, 2.05) is 13.0 Å². The average Bonchev–Trinajstić information content (AvgIpc) is 2.47. The average molecular weight is 302 g/mol. The fraction of sp³-hybridized carbons (Fsp3) is 0.312. The van der Waals surface area contributed by atoms with Gasteiger partial charge < -0.3 is 5.32 Å². The highest BCUT2D eigenvalue weighted by Crippen LogP contribution is 2.27. The molecule has 0 radical (unpaired) electrons. The fourth-order valence-corrected chi connectivity index (χ4v) is 2.39. The van der Waals surface area contributed by atoms with Crippen molar-refractivity contribution in [3.8, 4) is 6.07 Å². The van der Waals surface area contributed by atoms with Crippen LogP contribution < -0.4 is 5.32 Å². The van der Waals surface area contributed by atoms with Gasteiger partial charge in [-0.3, -0.25) is 4.79 Å². The van der Waals surface area contributed by atoms with Crippen molar-refractivity contribution in [1.82, 2.24) is 10.3 Å². The second-order valence-electron chi connectivity index (χ2n) is 5.10. The lowest BCUT2D eigenvalue weighted by Crippen LogP contribution is -2.28. The Labute approximate surface area is 129 Å². The lowest BCUT2D eigenvalue weighted by molar-refractivity contribution is -0.119. The molecular weight excluding hydrogens is 286 g/mol. The van der Waals surface area contributed by atoms with Gasteiger partial charge in [0.15, 0.2) is 0 Å². The zero-order valence-electron chi connectivity index (χ0n) is 12.0. The number of carbonyl (C=O) groups is 1. The third-order valence-corrected chi connectivity index (χ3v) is 3.99. The Balaban J connectivity index is 2.15. The quantitative estimate of drug-likeness (QED) is 0.872. The molecule has 1 N–H and O–H groups in total. The molecule has 1 aromatic heterocycles. The fourth-order valence-electron chi connectivity index (χ4n) is 2.21. The predicted molar refractivity (Wildman–Crippen MR) is 81.3 cm³/mol. The van der Waals surface area contributed by atoms with Crippen molar-refractivity contribution in [2.45, 2.75) is 26.7 Å². The normalized spacial score (nSPS) is 18.0. The van der Waals surface area contributed by atoms with Crippen molar-refractivity contribution < 1.29 is 4.79 Å². The second-order valence-corrected chi connectivity index (χ2v) is 5.46. The standard InChI is InChI=1S/C16H16ClN3O/c1-10-5-6-13(9-18)15(11(10)2)20-14(21)8-12-4-3-7-19-16(12)17/h3-4,6-7,10H,5,8H2,1-2H3,(H,20,21)/t10-/m1/s1. The Morgan fingerprint density at radius 3 is 3.05 bits per heavy atom. The number of nitrogens with one attached hydrogen (secondary N) is 1. The first-order valence-corrected chi connectivity index (χ1v) is 7.11. The van der Waals surface area contributed by atoms with E-state index in [0.717, 1.165) is 12.0 Å². The zero-order valence-corrected chi connectivity index (χ0v) is 12.7. The maximum absolute atomic E-state index is 12.2. The van der Waals surface area contributed by atoms with Crippen LogP contribution in [0, 0.1) is 17.2 Å². The van der Waals surface area contributed by atoms with Gasteiger partial charge in [0.1, 0.15) is 11.2 Å². The molecule has 1 aliphatic carbocycles. The smallest absolute Gasteiger partial charge is 0.228 e. The van der Waals surface area contributed by atoms with Crippen LogP contribution in [0.5, 0.6) is 0 Å². The van der Waals surface area contributed by atoms with Crippen molar-refractivity contribution in [2.75, 3.05) is 0 Å². The van der Waals surface area contributed by atoms with Gasteiger partial charge in [-0.15, -0.1) is 0 Å². The van der Waals surface area contributed by atoms with E-state index >= 15 is 0 Å². The van der Waals surface area contributed by atoms with Gasteiger partial charge in [-0.05, 0) is 36.5 Å². The van der Waals surface area contributed by atoms with Crippen LogP contribution in [0.15, 0.2) is 41.2 Å². The minimum atomic E-state index is -0.200. The van der Waals surface area contributed by atoms with E-state index in [2.05, 4.69) is 23.3 Å². The molecule has 1 atom stereocenters. The summed E-state index contributed by atoms with van der Waals surface area (Å²) < 4.78 is 0. The monoisotopic (exact) mass is 301 g/mol. The van der Waals surface area contributed by atoms with Gasteiger partial charge in [0, 0.05) is 6.20 Å². The van der Waals surface area contributed by atoms with Gasteiger partial charge in [0.25, 0.3) is 0 Å². The molecule has 1 heterocycles. The molecule has 2 rings (SSSR count). The summed E-state index contributed by atoms with van der Waals surface area (Å²) in [5.74, 6) is 0.119. The molecule has 0 fully saturated rings. The molecule has 0 saturated carbocycles. The third-order valence-electron chi connectivity index (χ3n) is 3.65. The SMILES string of the molecule is CC1=C(NC(=O)Cc2cccnc2Cl)C(C#N)=CC[C@H]1C. The first kappa shape index (κ1) is 15.3. The van der Waals surface area contributed by atoms with Crippen molar-refractivity contribution >= 4 is 17.5 Å². The molecule has 5 heteroatoms. The van der Waals surface area contributed by atoms with Gasteiger partial charge in [0.2, 0.25) is 5.91 Å². The number of halogens is 1. The summed E-state index contributed by atoms with van der Waals surface area (Å²) in [7, 11) is 0. The van der Waals surface area contributed by atoms with E-state index in [9.17, 15) is 10.1 Å². The van der Waals surface area contributed by atoms with Crippen LogP contribution in [0.3, 0.4) is 0 Å². The first-order chi connectivity index (χ1) is 10.0. The van der Waals surface area contributed by atoms with E-state index < -0.39 is 0 Å². The van der Waals surface area contributed by atoms with E-state index in [4.69, 9.17) is 11.6 Å². The number of rotatable bonds is 3. The van der Waals surface area contributed by atoms with Gasteiger partial charge in [-0.25, -0.2) is 4.98 Å². The lowest BCUT2D eigenvalue weighted by atomic mass is 9.88. The molecule has 0 saturated heterocycles. The topological polar surface area (TPSA) is 65.8 Å². The third kappa shape index (κ3) is 3.50. The van der Waals surface area contributed by atoms with Crippen LogP contribution in [-0.4, -0.2) is 10.9 Å². The van der Waals surface area contributed by atoms with E-state index in [0.29, 0.717) is 27.9 Å². The molecular formula is C16H16ClN3O. The zero-order chi connectivity index (χ0) is 15.4. The molecule has 1 amide bonds. The van der Waals surface area contributed by atoms with Crippen LogP contribution in [-0.2, 0) is 11.2 Å². The first-order valence-electron chi connectivity index (χ1n) is 6.73. The Kier molecular flexibility index (Phi) is 4.77. The Morgan fingerprint density at radius 2 is 2.38 bits per heavy atom. The summed E-state index contributed by atoms with van der Waals surface area (Å²) in [6.07, 6.45) is 4.40. The summed E-state index contributed by atoms with van der Waals surface area (Å²) in [6.45, 7) is 4.02. The molecule has 0 bridgehead atoms. The summed E-state index contributed by atoms with van der Waals surface area (Å²) in [4.78, 5) is 16.1. The molecule has 21 heavy (non-hydrogen) atoms. The van der Waals surface area contributed by atoms with Crippen LogP contribution >= 0.6 is 11.6 Å². The molecule has 108 valence electrons. The lowest BCUT2D eigenvalue weighted by Gasteiger charge is -2.22. The summed E-state index contributed by atoms with van der Waals surface area (Å²) in [5.41, 5.74) is 2.85. The number of carbonyl (C=O) groups excluding carboxylic acids is 1. The number of nitriles is 1. The summed E-state index contributed by atoms with van der Waals surface area (Å²) in [6, 6.07) is 5.64. The van der Waals surface area contributed by atoms with Crippen LogP contribution in [0.4, 0.5) is 0 Å². The number of hydrogen-bond donors (Lipinski definition) is 1. The molecule has 0 aromatic carbocycles. The molecule has 0 unspecified atom stereocenters. The van der Waals surface area contributed by atoms with Crippen LogP contribution in [0.2, 0.25) is 5.15 Å². The van der Waals surface area contributed by atoms with E-state index in [1.54, 1.807) is 18.3 Å². The van der Waals surface area contributed by atoms with Crippen molar-refractivity contribution in [3.05, 3.63) is 52.0 Å². The van der Waals surface area contributed by atoms with Gasteiger partial charge in [-0.1, -0.05) is 30.7 Å². The molecule has 4 nitrogen and oxygen atoms in total. The maximum Gasteiger partial charge on any atom is 0.228 e. The number of pyridine rings is 1. The Bertz CT molecular complexity index is 670. The second kappa shape index (κ2) is 6.55. The van der Waals surface area contributed by atoms with Gasteiger partial charge >= 0.3 is 0 Å². The molecule has 0 aliphatic heterocycles. The summed E-state index contributed by atoms with van der Waals surface area (Å²) >= 11 is 5.95. The van der Waals surface area contributed by atoms with Gasteiger partial charge in [-0.2, -0.15) is 5.26 Å². The minimum absolute atomic E-state index is 0.135. The van der Waals surface area contributed by atoms with Crippen LogP contribution in [0.1, 0.15) is 25.8 Å². The van der Waals surface area contributed by atoms with Gasteiger partial charge in [0.05, 0.1) is 17.7 Å². The van der Waals surface area contributed by atoms with Crippen LogP contribution in [0.25, 0.3) is 0 Å². The highest BCUT2D eigenvalue weighted by Gasteiger charge is 2.20. The number of allylic oxidation sites excluding steroid dienone is 3. The van der Waals surface area contributed by atoms with E-state index in [-0.39, 0.29) is 12.3 Å². The molecule has 1 aliphatic rings. The van der Waals surface area contributed by atoms with Crippen molar-refractivity contribution in [2.24, 2.45) is 5.92 Å². The number of nitrogens with zero attached hydrogens (tertiary/aromatic N) is 2. The summed E-state index contributed by atoms with van der Waals surface area (Å²) in [5, 5.41) is 12.3. The molecule has 1 aromatic rings. The minimum Gasteiger partial charge on any atom is -0.325 e. The Morgan fingerprint density at radius 1 is 1.62 bits per heavy atom. The highest BCUT2D eigenvalue weighted by molar-refractivity contribution is 6.30. The largest absolute Gasteiger partial charge is 0.325 e. The van der Waals surface area contributed by atoms with Crippen molar-refractivity contribution in [3.63, 3.8) is 0 Å². The van der Waals surface area contributed by atoms with Crippen molar-refractivity contribution in [1.29, 1.82) is 5.26 Å².